The summed E-state index contributed by atoms with van der Waals surface area (Å²) in [6.07, 6.45) is 3.70. The lowest BCUT2D eigenvalue weighted by atomic mass is 9.70. The van der Waals surface area contributed by atoms with E-state index >= 15 is 0 Å². The Bertz CT molecular complexity index is 554. The average Bonchev–Trinajstić information content (AvgIpc) is 2.71. The number of rotatable bonds is 3. The highest BCUT2D eigenvalue weighted by Crippen LogP contribution is 2.66. The lowest BCUT2D eigenvalue weighted by molar-refractivity contribution is 0.0292. The van der Waals surface area contributed by atoms with Crippen molar-refractivity contribution in [2.75, 3.05) is 0 Å². The first kappa shape index (κ1) is 14.8. The predicted molar refractivity (Wildman–Crippen MR) is 82.6 cm³/mol. The van der Waals surface area contributed by atoms with Gasteiger partial charge in [0.15, 0.2) is 0 Å². The summed E-state index contributed by atoms with van der Waals surface area (Å²) in [5, 5.41) is 0. The van der Waals surface area contributed by atoms with Gasteiger partial charge >= 0.3 is 0 Å². The molecule has 2 fully saturated rings. The summed E-state index contributed by atoms with van der Waals surface area (Å²) in [4.78, 5) is 0. The van der Waals surface area contributed by atoms with Crippen LogP contribution in [-0.2, 0) is 0 Å². The third-order valence-electron chi connectivity index (χ3n) is 6.45. The maximum absolute atomic E-state index is 14.1. The number of fused-ring (bicyclic) bond motifs is 2. The molecule has 0 spiro atoms. The highest BCUT2D eigenvalue weighted by Gasteiger charge is 2.62. The summed E-state index contributed by atoms with van der Waals surface area (Å²) in [5.74, 6) is 1.06. The van der Waals surface area contributed by atoms with Gasteiger partial charge in [0.25, 0.3) is 0 Å². The first-order chi connectivity index (χ1) is 9.77. The first-order valence-electron chi connectivity index (χ1n) is 7.98. The zero-order chi connectivity index (χ0) is 15.4. The predicted octanol–water partition coefficient (Wildman–Crippen LogP) is 4.44. The minimum absolute atomic E-state index is 0.158. The standard InChI is InChI=1S/C18H26FNO/c1-11(20)16-13(19)6-5-7-14(16)21-15-10-12-8-9-18(15,4)17(12,2)3/h5-7,11-12,15H,8-10,20H2,1-4H3/t11-,12?,15?,18?/m0/s1. The van der Waals surface area contributed by atoms with Crippen LogP contribution in [0.3, 0.4) is 0 Å². The molecule has 0 amide bonds. The molecule has 0 heterocycles. The Hall–Kier alpha value is -1.09. The molecule has 3 heteroatoms. The SMILES string of the molecule is C[C@H](N)c1c(F)cccc1OC1CC2CCC1(C)C2(C)C. The van der Waals surface area contributed by atoms with Gasteiger partial charge in [-0.15, -0.1) is 0 Å². The number of benzene rings is 1. The largest absolute Gasteiger partial charge is 0.489 e. The molecule has 1 aromatic carbocycles. The van der Waals surface area contributed by atoms with E-state index in [0.29, 0.717) is 22.6 Å². The van der Waals surface area contributed by atoms with Gasteiger partial charge in [-0.05, 0) is 49.7 Å². The lowest BCUT2D eigenvalue weighted by Gasteiger charge is -2.39. The molecular weight excluding hydrogens is 265 g/mol. The van der Waals surface area contributed by atoms with Crippen LogP contribution < -0.4 is 10.5 Å². The van der Waals surface area contributed by atoms with Crippen molar-refractivity contribution < 1.29 is 9.13 Å². The third kappa shape index (κ3) is 2.01. The van der Waals surface area contributed by atoms with E-state index in [1.165, 1.54) is 18.9 Å². The molecule has 0 aromatic heterocycles. The molecule has 0 aliphatic heterocycles. The van der Waals surface area contributed by atoms with E-state index in [0.717, 1.165) is 6.42 Å². The van der Waals surface area contributed by atoms with Gasteiger partial charge in [-0.25, -0.2) is 4.39 Å². The van der Waals surface area contributed by atoms with Crippen molar-refractivity contribution in [1.82, 2.24) is 0 Å². The Labute approximate surface area is 126 Å². The molecule has 1 aromatic rings. The van der Waals surface area contributed by atoms with Crippen LogP contribution in [0.4, 0.5) is 4.39 Å². The zero-order valence-corrected chi connectivity index (χ0v) is 13.4. The maximum Gasteiger partial charge on any atom is 0.131 e. The minimum Gasteiger partial charge on any atom is -0.489 e. The van der Waals surface area contributed by atoms with Crippen molar-refractivity contribution in [3.63, 3.8) is 0 Å². The topological polar surface area (TPSA) is 35.2 Å². The quantitative estimate of drug-likeness (QED) is 0.893. The molecule has 2 N–H and O–H groups in total. The smallest absolute Gasteiger partial charge is 0.131 e. The maximum atomic E-state index is 14.1. The van der Waals surface area contributed by atoms with Crippen molar-refractivity contribution in [1.29, 1.82) is 0 Å². The summed E-state index contributed by atoms with van der Waals surface area (Å²) in [7, 11) is 0. The van der Waals surface area contributed by atoms with E-state index in [1.807, 2.05) is 6.07 Å². The van der Waals surface area contributed by atoms with Crippen molar-refractivity contribution in [3.05, 3.63) is 29.6 Å². The molecule has 116 valence electrons. The molecular formula is C18H26FNO. The number of halogens is 1. The van der Waals surface area contributed by atoms with Crippen LogP contribution >= 0.6 is 0 Å². The molecule has 2 aliphatic rings. The van der Waals surface area contributed by atoms with Gasteiger partial charge in [-0.1, -0.05) is 26.8 Å². The second kappa shape index (κ2) is 4.70. The van der Waals surface area contributed by atoms with Gasteiger partial charge in [0.05, 0.1) is 0 Å². The fourth-order valence-corrected chi connectivity index (χ4v) is 4.52. The third-order valence-corrected chi connectivity index (χ3v) is 6.45. The Morgan fingerprint density at radius 2 is 2.05 bits per heavy atom. The van der Waals surface area contributed by atoms with Gasteiger partial charge in [0, 0.05) is 17.0 Å². The first-order valence-corrected chi connectivity index (χ1v) is 7.98. The van der Waals surface area contributed by atoms with Crippen LogP contribution in [0.1, 0.15) is 58.6 Å². The second-order valence-electron chi connectivity index (χ2n) is 7.66. The van der Waals surface area contributed by atoms with E-state index in [9.17, 15) is 4.39 Å². The van der Waals surface area contributed by atoms with Crippen LogP contribution in [0.5, 0.6) is 5.75 Å². The molecule has 2 saturated carbocycles. The normalized spacial score (nSPS) is 35.0. The molecule has 21 heavy (non-hydrogen) atoms. The number of ether oxygens (including phenoxy) is 1. The molecule has 0 radical (unpaired) electrons. The van der Waals surface area contributed by atoms with Crippen LogP contribution in [0.2, 0.25) is 0 Å². The Morgan fingerprint density at radius 3 is 2.57 bits per heavy atom. The van der Waals surface area contributed by atoms with E-state index < -0.39 is 0 Å². The summed E-state index contributed by atoms with van der Waals surface area (Å²) < 4.78 is 20.4. The second-order valence-corrected chi connectivity index (χ2v) is 7.66. The van der Waals surface area contributed by atoms with Crippen molar-refractivity contribution in [2.24, 2.45) is 22.5 Å². The summed E-state index contributed by atoms with van der Waals surface area (Å²) in [6.45, 7) is 8.84. The van der Waals surface area contributed by atoms with Gasteiger partial charge in [-0.3, -0.25) is 0 Å². The Balaban J connectivity index is 1.91. The van der Waals surface area contributed by atoms with Crippen molar-refractivity contribution >= 4 is 0 Å². The lowest BCUT2D eigenvalue weighted by Crippen LogP contribution is -2.39. The van der Waals surface area contributed by atoms with E-state index in [-0.39, 0.29) is 23.4 Å². The van der Waals surface area contributed by atoms with Gasteiger partial charge in [0.2, 0.25) is 0 Å². The summed E-state index contributed by atoms with van der Waals surface area (Å²) in [5.41, 5.74) is 6.89. The molecule has 0 saturated heterocycles. The fourth-order valence-electron chi connectivity index (χ4n) is 4.52. The Morgan fingerprint density at radius 1 is 1.33 bits per heavy atom. The highest BCUT2D eigenvalue weighted by molar-refractivity contribution is 5.37. The zero-order valence-electron chi connectivity index (χ0n) is 13.4. The van der Waals surface area contributed by atoms with E-state index in [1.54, 1.807) is 13.0 Å². The van der Waals surface area contributed by atoms with E-state index in [2.05, 4.69) is 20.8 Å². The summed E-state index contributed by atoms with van der Waals surface area (Å²) >= 11 is 0. The van der Waals surface area contributed by atoms with E-state index in [4.69, 9.17) is 10.5 Å². The molecule has 3 rings (SSSR count). The van der Waals surface area contributed by atoms with Crippen LogP contribution in [0.15, 0.2) is 18.2 Å². The van der Waals surface area contributed by atoms with Crippen molar-refractivity contribution in [2.45, 2.75) is 59.1 Å². The van der Waals surface area contributed by atoms with Gasteiger partial charge < -0.3 is 10.5 Å². The fraction of sp³-hybridized carbons (Fsp3) is 0.667. The molecule has 2 aliphatic carbocycles. The molecule has 2 bridgehead atoms. The molecule has 2 nitrogen and oxygen atoms in total. The van der Waals surface area contributed by atoms with Crippen LogP contribution in [0, 0.1) is 22.6 Å². The number of hydrogen-bond acceptors (Lipinski definition) is 2. The van der Waals surface area contributed by atoms with Gasteiger partial charge in [-0.2, -0.15) is 0 Å². The summed E-state index contributed by atoms with van der Waals surface area (Å²) in [6, 6.07) is 4.65. The highest BCUT2D eigenvalue weighted by atomic mass is 19.1. The average molecular weight is 291 g/mol. The Kier molecular flexibility index (Phi) is 3.32. The monoisotopic (exact) mass is 291 g/mol. The van der Waals surface area contributed by atoms with Gasteiger partial charge in [0.1, 0.15) is 17.7 Å². The molecule has 3 unspecified atom stereocenters. The van der Waals surface area contributed by atoms with Crippen molar-refractivity contribution in [3.8, 4) is 5.75 Å². The molecule has 4 atom stereocenters. The minimum atomic E-state index is -0.361. The van der Waals surface area contributed by atoms with Crippen LogP contribution in [0.25, 0.3) is 0 Å². The van der Waals surface area contributed by atoms with Crippen LogP contribution in [-0.4, -0.2) is 6.10 Å². The number of nitrogens with two attached hydrogens (primary N) is 1. The number of hydrogen-bond donors (Lipinski definition) is 1.